The molecule has 0 unspecified atom stereocenters. The van der Waals surface area contributed by atoms with Gasteiger partial charge in [-0.2, -0.15) is 0 Å². The fourth-order valence-corrected chi connectivity index (χ4v) is 5.26. The van der Waals surface area contributed by atoms with Crippen LogP contribution in [0, 0.1) is 0 Å². The predicted molar refractivity (Wildman–Crippen MR) is 135 cm³/mol. The first kappa shape index (κ1) is 22.6. The molecule has 2 N–H and O–H groups in total. The maximum absolute atomic E-state index is 12.6. The smallest absolute Gasteiger partial charge is 0.251 e. The van der Waals surface area contributed by atoms with Gasteiger partial charge >= 0.3 is 0 Å². The van der Waals surface area contributed by atoms with E-state index >= 15 is 0 Å². The first-order valence-corrected chi connectivity index (χ1v) is 12.6. The molecular weight excluding hydrogens is 450 g/mol. The van der Waals surface area contributed by atoms with Crippen LogP contribution >= 0.6 is 11.3 Å². The van der Waals surface area contributed by atoms with Crippen LogP contribution in [0.1, 0.15) is 29.6 Å². The van der Waals surface area contributed by atoms with Crippen molar-refractivity contribution in [2.45, 2.75) is 19.3 Å². The lowest BCUT2D eigenvalue weighted by Gasteiger charge is -2.28. The maximum atomic E-state index is 12.6. The summed E-state index contributed by atoms with van der Waals surface area (Å²) in [5, 5.41) is 7.13. The van der Waals surface area contributed by atoms with Crippen molar-refractivity contribution >= 4 is 49.9 Å². The molecule has 3 aromatic rings. The SMILES string of the molecule is O=C(NCCCN1CCCC1=O)c1ccc2nc(Nc3ccc(N4CCOCC4)cc3)sc2c1. The lowest BCUT2D eigenvalue weighted by Crippen LogP contribution is -2.36. The van der Waals surface area contributed by atoms with Crippen molar-refractivity contribution in [2.75, 3.05) is 56.2 Å². The number of carbonyl (C=O) groups is 2. The molecule has 0 radical (unpaired) electrons. The van der Waals surface area contributed by atoms with Crippen LogP contribution in [0.25, 0.3) is 10.2 Å². The minimum Gasteiger partial charge on any atom is -0.378 e. The lowest BCUT2D eigenvalue weighted by atomic mass is 10.2. The highest BCUT2D eigenvalue weighted by molar-refractivity contribution is 7.22. The summed E-state index contributed by atoms with van der Waals surface area (Å²) in [5.41, 5.74) is 3.66. The highest BCUT2D eigenvalue weighted by atomic mass is 32.1. The Morgan fingerprint density at radius 1 is 1.09 bits per heavy atom. The van der Waals surface area contributed by atoms with Crippen LogP contribution in [-0.4, -0.2) is 67.6 Å². The second kappa shape index (κ2) is 10.4. The average molecular weight is 480 g/mol. The Bertz CT molecular complexity index is 1160. The van der Waals surface area contributed by atoms with Gasteiger partial charge in [-0.15, -0.1) is 0 Å². The number of carbonyl (C=O) groups excluding carboxylic acids is 2. The lowest BCUT2D eigenvalue weighted by molar-refractivity contribution is -0.127. The van der Waals surface area contributed by atoms with Gasteiger partial charge in [-0.25, -0.2) is 4.98 Å². The summed E-state index contributed by atoms with van der Waals surface area (Å²) in [5.74, 6) is 0.121. The van der Waals surface area contributed by atoms with Gasteiger partial charge in [-0.3, -0.25) is 9.59 Å². The molecule has 178 valence electrons. The molecule has 8 nitrogen and oxygen atoms in total. The van der Waals surface area contributed by atoms with Gasteiger partial charge in [0.25, 0.3) is 5.91 Å². The van der Waals surface area contributed by atoms with Crippen molar-refractivity contribution in [2.24, 2.45) is 0 Å². The Morgan fingerprint density at radius 2 is 1.91 bits per heavy atom. The summed E-state index contributed by atoms with van der Waals surface area (Å²) in [7, 11) is 0. The number of nitrogens with one attached hydrogen (secondary N) is 2. The molecule has 0 aliphatic carbocycles. The molecule has 3 heterocycles. The Balaban J connectivity index is 1.16. The predicted octanol–water partition coefficient (Wildman–Crippen LogP) is 3.62. The molecule has 5 rings (SSSR count). The van der Waals surface area contributed by atoms with Crippen molar-refractivity contribution in [1.29, 1.82) is 0 Å². The number of aromatic nitrogens is 1. The molecule has 2 saturated heterocycles. The van der Waals surface area contributed by atoms with E-state index in [0.717, 1.165) is 66.7 Å². The van der Waals surface area contributed by atoms with Gasteiger partial charge in [0.15, 0.2) is 5.13 Å². The summed E-state index contributed by atoms with van der Waals surface area (Å²) >= 11 is 1.53. The van der Waals surface area contributed by atoms with Crippen LogP contribution in [0.2, 0.25) is 0 Å². The van der Waals surface area contributed by atoms with E-state index in [1.807, 2.05) is 23.1 Å². The monoisotopic (exact) mass is 479 g/mol. The summed E-state index contributed by atoms with van der Waals surface area (Å²) < 4.78 is 6.38. The molecule has 2 amide bonds. The quantitative estimate of drug-likeness (QED) is 0.480. The zero-order valence-corrected chi connectivity index (χ0v) is 19.9. The number of morpholine rings is 1. The first-order chi connectivity index (χ1) is 16.7. The van der Waals surface area contributed by atoms with Gasteiger partial charge in [-0.05, 0) is 55.3 Å². The molecule has 34 heavy (non-hydrogen) atoms. The standard InChI is InChI=1S/C25H29N5O3S/c31-23-3-1-11-30(23)12-2-10-26-24(32)18-4-9-21-22(17-18)34-25(28-21)27-19-5-7-20(8-6-19)29-13-15-33-16-14-29/h4-9,17H,1-3,10-16H2,(H,26,32)(H,27,28). The van der Waals surface area contributed by atoms with Gasteiger partial charge in [0.05, 0.1) is 23.4 Å². The number of fused-ring (bicyclic) bond motifs is 1. The third-order valence-electron chi connectivity index (χ3n) is 6.21. The van der Waals surface area contributed by atoms with Gasteiger partial charge < -0.3 is 25.2 Å². The highest BCUT2D eigenvalue weighted by Crippen LogP contribution is 2.30. The number of benzene rings is 2. The van der Waals surface area contributed by atoms with Crippen LogP contribution in [0.15, 0.2) is 42.5 Å². The molecule has 0 spiro atoms. The normalized spacial score (nSPS) is 16.3. The molecule has 0 atom stereocenters. The number of thiazole rings is 1. The first-order valence-electron chi connectivity index (χ1n) is 11.8. The third kappa shape index (κ3) is 5.31. The van der Waals surface area contributed by atoms with Crippen LogP contribution < -0.4 is 15.5 Å². The number of hydrogen-bond donors (Lipinski definition) is 2. The molecule has 2 aliphatic rings. The van der Waals surface area contributed by atoms with Crippen LogP contribution in [0.4, 0.5) is 16.5 Å². The number of nitrogens with zero attached hydrogens (tertiary/aromatic N) is 3. The second-order valence-corrected chi connectivity index (χ2v) is 9.60. The Hall–Kier alpha value is -3.17. The van der Waals surface area contributed by atoms with E-state index in [4.69, 9.17) is 4.74 Å². The molecule has 1 aromatic heterocycles. The molecule has 0 bridgehead atoms. The second-order valence-electron chi connectivity index (χ2n) is 8.57. The molecular formula is C25H29N5O3S. The fourth-order valence-electron chi connectivity index (χ4n) is 4.33. The van der Waals surface area contributed by atoms with Gasteiger partial charge in [-0.1, -0.05) is 11.3 Å². The minimum atomic E-state index is -0.101. The van der Waals surface area contributed by atoms with E-state index in [0.29, 0.717) is 25.1 Å². The number of likely N-dealkylation sites (tertiary alicyclic amines) is 1. The van der Waals surface area contributed by atoms with Crippen molar-refractivity contribution in [3.63, 3.8) is 0 Å². The molecule has 2 aromatic carbocycles. The van der Waals surface area contributed by atoms with Crippen LogP contribution in [0.3, 0.4) is 0 Å². The fraction of sp³-hybridized carbons (Fsp3) is 0.400. The van der Waals surface area contributed by atoms with Crippen LogP contribution in [-0.2, 0) is 9.53 Å². The summed E-state index contributed by atoms with van der Waals surface area (Å²) in [6.07, 6.45) is 2.35. The molecule has 2 aliphatic heterocycles. The zero-order valence-electron chi connectivity index (χ0n) is 19.1. The van der Waals surface area contributed by atoms with E-state index in [-0.39, 0.29) is 11.8 Å². The van der Waals surface area contributed by atoms with Gasteiger partial charge in [0, 0.05) is 56.1 Å². The Morgan fingerprint density at radius 3 is 2.68 bits per heavy atom. The minimum absolute atomic E-state index is 0.101. The summed E-state index contributed by atoms with van der Waals surface area (Å²) in [6.45, 7) is 5.46. The maximum Gasteiger partial charge on any atom is 0.251 e. The topological polar surface area (TPSA) is 86.8 Å². The Kier molecular flexibility index (Phi) is 6.92. The van der Waals surface area contributed by atoms with Gasteiger partial charge in [0.2, 0.25) is 5.91 Å². The number of hydrogen-bond acceptors (Lipinski definition) is 7. The van der Waals surface area contributed by atoms with Crippen molar-refractivity contribution < 1.29 is 14.3 Å². The van der Waals surface area contributed by atoms with E-state index in [9.17, 15) is 9.59 Å². The average Bonchev–Trinajstić information content (AvgIpc) is 3.47. The van der Waals surface area contributed by atoms with E-state index < -0.39 is 0 Å². The molecule has 2 fully saturated rings. The summed E-state index contributed by atoms with van der Waals surface area (Å²) in [4.78, 5) is 33.1. The number of anilines is 3. The highest BCUT2D eigenvalue weighted by Gasteiger charge is 2.19. The molecule has 0 saturated carbocycles. The van der Waals surface area contributed by atoms with E-state index in [1.165, 1.54) is 17.0 Å². The third-order valence-corrected chi connectivity index (χ3v) is 7.14. The number of ether oxygens (including phenoxy) is 1. The van der Waals surface area contributed by atoms with E-state index in [2.05, 4.69) is 44.8 Å². The Labute approximate surface area is 202 Å². The van der Waals surface area contributed by atoms with Crippen molar-refractivity contribution in [3.8, 4) is 0 Å². The zero-order chi connectivity index (χ0) is 23.3. The number of amides is 2. The van der Waals surface area contributed by atoms with Crippen molar-refractivity contribution in [3.05, 3.63) is 48.0 Å². The number of rotatable bonds is 8. The molecule has 9 heteroatoms. The van der Waals surface area contributed by atoms with Crippen LogP contribution in [0.5, 0.6) is 0 Å². The van der Waals surface area contributed by atoms with Gasteiger partial charge in [0.1, 0.15) is 0 Å². The summed E-state index contributed by atoms with van der Waals surface area (Å²) in [6, 6.07) is 13.9. The largest absolute Gasteiger partial charge is 0.378 e. The van der Waals surface area contributed by atoms with E-state index in [1.54, 1.807) is 0 Å². The van der Waals surface area contributed by atoms with Crippen molar-refractivity contribution in [1.82, 2.24) is 15.2 Å².